The van der Waals surface area contributed by atoms with Gasteiger partial charge in [-0.3, -0.25) is 14.2 Å². The molecule has 2 aromatic rings. The Morgan fingerprint density at radius 2 is 2.20 bits per heavy atom. The van der Waals surface area contributed by atoms with Crippen LogP contribution in [0.1, 0.15) is 24.6 Å². The summed E-state index contributed by atoms with van der Waals surface area (Å²) in [7, 11) is 0. The minimum Gasteiger partial charge on any atom is -0.352 e. The Labute approximate surface area is 131 Å². The van der Waals surface area contributed by atoms with Crippen LogP contribution < -0.4 is 5.32 Å². The van der Waals surface area contributed by atoms with Crippen LogP contribution in [0.25, 0.3) is 0 Å². The van der Waals surface area contributed by atoms with E-state index in [0.717, 1.165) is 21.4 Å². The third-order valence-corrected chi connectivity index (χ3v) is 4.01. The summed E-state index contributed by atoms with van der Waals surface area (Å²) in [6.07, 6.45) is 6.11. The van der Waals surface area contributed by atoms with Crippen LogP contribution in [-0.2, 0) is 24.4 Å². The number of aromatic nitrogens is 4. The summed E-state index contributed by atoms with van der Waals surface area (Å²) < 4.78 is 4.77. The lowest BCUT2D eigenvalue weighted by Gasteiger charge is -2.04. The van der Waals surface area contributed by atoms with Crippen LogP contribution >= 0.6 is 22.6 Å². The highest BCUT2D eigenvalue weighted by molar-refractivity contribution is 14.1. The van der Waals surface area contributed by atoms with E-state index in [-0.39, 0.29) is 5.91 Å². The number of aryl methyl sites for hydroxylation is 3. The molecule has 1 N–H and O–H groups in total. The maximum absolute atomic E-state index is 11.8. The van der Waals surface area contributed by atoms with Crippen molar-refractivity contribution in [1.82, 2.24) is 24.9 Å². The second-order valence-corrected chi connectivity index (χ2v) is 5.72. The number of amides is 1. The Balaban J connectivity index is 1.75. The van der Waals surface area contributed by atoms with E-state index < -0.39 is 0 Å². The van der Waals surface area contributed by atoms with Gasteiger partial charge < -0.3 is 5.32 Å². The first-order valence-corrected chi connectivity index (χ1v) is 7.64. The van der Waals surface area contributed by atoms with Crippen molar-refractivity contribution in [3.05, 3.63) is 33.4 Å². The monoisotopic (exact) mass is 387 g/mol. The van der Waals surface area contributed by atoms with E-state index in [9.17, 15) is 4.79 Å². The molecule has 7 heteroatoms. The van der Waals surface area contributed by atoms with E-state index in [4.69, 9.17) is 0 Å². The first kappa shape index (κ1) is 15.0. The van der Waals surface area contributed by atoms with Crippen molar-refractivity contribution in [3.8, 4) is 0 Å². The molecule has 0 aromatic carbocycles. The van der Waals surface area contributed by atoms with Crippen molar-refractivity contribution in [3.63, 3.8) is 0 Å². The highest BCUT2D eigenvalue weighted by atomic mass is 127. The van der Waals surface area contributed by atoms with Gasteiger partial charge in [0.15, 0.2) is 0 Å². The van der Waals surface area contributed by atoms with Gasteiger partial charge in [0.1, 0.15) is 0 Å². The van der Waals surface area contributed by atoms with E-state index >= 15 is 0 Å². The molecule has 108 valence electrons. The summed E-state index contributed by atoms with van der Waals surface area (Å²) in [6.45, 7) is 5.95. The number of hydrogen-bond donors (Lipinski definition) is 1. The predicted octanol–water partition coefficient (Wildman–Crippen LogP) is 1.72. The van der Waals surface area contributed by atoms with E-state index in [1.165, 1.54) is 0 Å². The number of hydrogen-bond acceptors (Lipinski definition) is 3. The molecule has 6 nitrogen and oxygen atoms in total. The Hall–Kier alpha value is -1.38. The standard InChI is InChI=1S/C13H18IN5O/c1-3-18-8-11(7-16-18)6-15-13(20)4-5-19-9-12(14)10(2)17-19/h7-9H,3-6H2,1-2H3,(H,15,20). The number of nitrogens with zero attached hydrogens (tertiary/aromatic N) is 4. The Bertz CT molecular complexity index is 570. The van der Waals surface area contributed by atoms with Crippen LogP contribution in [0.5, 0.6) is 0 Å². The summed E-state index contributed by atoms with van der Waals surface area (Å²) in [5, 5.41) is 11.4. The topological polar surface area (TPSA) is 64.7 Å². The van der Waals surface area contributed by atoms with Crippen LogP contribution in [0.4, 0.5) is 0 Å². The second-order valence-electron chi connectivity index (χ2n) is 4.56. The van der Waals surface area contributed by atoms with Gasteiger partial charge in [0.2, 0.25) is 5.91 Å². The summed E-state index contributed by atoms with van der Waals surface area (Å²) in [6, 6.07) is 0. The largest absolute Gasteiger partial charge is 0.352 e. The maximum atomic E-state index is 11.8. The summed E-state index contributed by atoms with van der Waals surface area (Å²) in [4.78, 5) is 11.8. The first-order chi connectivity index (χ1) is 9.58. The van der Waals surface area contributed by atoms with E-state index in [1.807, 2.05) is 35.6 Å². The molecule has 0 radical (unpaired) electrons. The van der Waals surface area contributed by atoms with Crippen LogP contribution in [0.15, 0.2) is 18.6 Å². The number of nitrogens with one attached hydrogen (secondary N) is 1. The Morgan fingerprint density at radius 3 is 2.80 bits per heavy atom. The van der Waals surface area contributed by atoms with E-state index in [2.05, 4.69) is 38.1 Å². The van der Waals surface area contributed by atoms with Gasteiger partial charge in [-0.25, -0.2) is 0 Å². The molecule has 2 heterocycles. The van der Waals surface area contributed by atoms with Gasteiger partial charge in [-0.15, -0.1) is 0 Å². The molecule has 0 fully saturated rings. The normalized spacial score (nSPS) is 10.8. The molecule has 0 saturated heterocycles. The van der Waals surface area contributed by atoms with Crippen molar-refractivity contribution in [2.24, 2.45) is 0 Å². The summed E-state index contributed by atoms with van der Waals surface area (Å²) in [5.41, 5.74) is 2.02. The molecule has 0 aliphatic heterocycles. The zero-order chi connectivity index (χ0) is 14.5. The fourth-order valence-corrected chi connectivity index (χ4v) is 2.21. The molecule has 0 atom stereocenters. The molecule has 20 heavy (non-hydrogen) atoms. The average Bonchev–Trinajstić information content (AvgIpc) is 3.01. The molecule has 0 bridgehead atoms. The van der Waals surface area contributed by atoms with Gasteiger partial charge in [-0.1, -0.05) is 0 Å². The molecule has 2 aromatic heterocycles. The fraction of sp³-hybridized carbons (Fsp3) is 0.462. The van der Waals surface area contributed by atoms with Crippen LogP contribution in [0.3, 0.4) is 0 Å². The molecule has 0 aliphatic carbocycles. The summed E-state index contributed by atoms with van der Waals surface area (Å²) in [5.74, 6) is 0.0254. The zero-order valence-electron chi connectivity index (χ0n) is 11.6. The molecule has 0 aliphatic rings. The number of carbonyl (C=O) groups excluding carboxylic acids is 1. The zero-order valence-corrected chi connectivity index (χ0v) is 13.8. The molecule has 0 unspecified atom stereocenters. The van der Waals surface area contributed by atoms with Gasteiger partial charge >= 0.3 is 0 Å². The van der Waals surface area contributed by atoms with E-state index in [1.54, 1.807) is 6.20 Å². The van der Waals surface area contributed by atoms with Crippen molar-refractivity contribution in [2.45, 2.75) is 39.9 Å². The van der Waals surface area contributed by atoms with Gasteiger partial charge in [-0.05, 0) is 36.4 Å². The molecular weight excluding hydrogens is 369 g/mol. The second kappa shape index (κ2) is 6.87. The minimum absolute atomic E-state index is 0.0254. The lowest BCUT2D eigenvalue weighted by molar-refractivity contribution is -0.121. The van der Waals surface area contributed by atoms with Crippen LogP contribution in [0, 0.1) is 10.5 Å². The number of rotatable bonds is 6. The van der Waals surface area contributed by atoms with Crippen molar-refractivity contribution in [2.75, 3.05) is 0 Å². The van der Waals surface area contributed by atoms with Crippen molar-refractivity contribution in [1.29, 1.82) is 0 Å². The summed E-state index contributed by atoms with van der Waals surface area (Å²) >= 11 is 2.24. The Morgan fingerprint density at radius 1 is 1.40 bits per heavy atom. The SMILES string of the molecule is CCn1cc(CNC(=O)CCn2cc(I)c(C)n2)cn1. The smallest absolute Gasteiger partial charge is 0.222 e. The van der Waals surface area contributed by atoms with Crippen molar-refractivity contribution < 1.29 is 4.79 Å². The van der Waals surface area contributed by atoms with Gasteiger partial charge in [-0.2, -0.15) is 10.2 Å². The minimum atomic E-state index is 0.0254. The predicted molar refractivity (Wildman–Crippen MR) is 84.0 cm³/mol. The fourth-order valence-electron chi connectivity index (χ4n) is 1.78. The highest BCUT2D eigenvalue weighted by Crippen LogP contribution is 2.08. The van der Waals surface area contributed by atoms with Gasteiger partial charge in [0, 0.05) is 44.0 Å². The van der Waals surface area contributed by atoms with Crippen LogP contribution in [0.2, 0.25) is 0 Å². The Kier molecular flexibility index (Phi) is 5.16. The van der Waals surface area contributed by atoms with Crippen LogP contribution in [-0.4, -0.2) is 25.5 Å². The van der Waals surface area contributed by atoms with E-state index in [0.29, 0.717) is 19.5 Å². The maximum Gasteiger partial charge on any atom is 0.222 e. The van der Waals surface area contributed by atoms with Gasteiger partial charge in [0.05, 0.1) is 15.5 Å². The first-order valence-electron chi connectivity index (χ1n) is 6.56. The average molecular weight is 387 g/mol. The van der Waals surface area contributed by atoms with Gasteiger partial charge in [0.25, 0.3) is 0 Å². The molecular formula is C13H18IN5O. The lowest BCUT2D eigenvalue weighted by atomic mass is 10.3. The van der Waals surface area contributed by atoms with Crippen molar-refractivity contribution >= 4 is 28.5 Å². The molecule has 1 amide bonds. The molecule has 2 rings (SSSR count). The lowest BCUT2D eigenvalue weighted by Crippen LogP contribution is -2.23. The highest BCUT2D eigenvalue weighted by Gasteiger charge is 2.06. The molecule has 0 spiro atoms. The quantitative estimate of drug-likeness (QED) is 0.768. The number of carbonyl (C=O) groups is 1. The third-order valence-electron chi connectivity index (χ3n) is 2.95. The molecule has 0 saturated carbocycles. The third kappa shape index (κ3) is 4.06. The number of halogens is 1.